The van der Waals surface area contributed by atoms with Crippen LogP contribution in [0.5, 0.6) is 0 Å². The summed E-state index contributed by atoms with van der Waals surface area (Å²) < 4.78 is 9.96. The van der Waals surface area contributed by atoms with E-state index in [1.165, 1.54) is 6.08 Å². The number of hydrogen-bond donors (Lipinski definition) is 1. The number of amides is 1. The summed E-state index contributed by atoms with van der Waals surface area (Å²) >= 11 is 0. The molecule has 0 saturated heterocycles. The van der Waals surface area contributed by atoms with Crippen molar-refractivity contribution in [1.82, 2.24) is 5.32 Å². The van der Waals surface area contributed by atoms with Crippen LogP contribution in [-0.2, 0) is 14.3 Å². The maximum absolute atomic E-state index is 11.9. The standard InChI is InChI=1S/C14H25NO4/c1-5-8-10-18-13(16)12(11(4)7-3)15-14(17)19-9-6-2/h6,11-12H,2,5,7-10H2,1,3-4H3,(H,15,17)/t11?,12-/m0/s1. The van der Waals surface area contributed by atoms with E-state index in [-0.39, 0.29) is 12.5 Å². The second-order valence-electron chi connectivity index (χ2n) is 4.42. The number of nitrogens with one attached hydrogen (secondary N) is 1. The number of carbonyl (C=O) groups is 2. The zero-order valence-electron chi connectivity index (χ0n) is 12.1. The molecule has 19 heavy (non-hydrogen) atoms. The van der Waals surface area contributed by atoms with Crippen LogP contribution in [0, 0.1) is 5.92 Å². The van der Waals surface area contributed by atoms with Crippen molar-refractivity contribution in [1.29, 1.82) is 0 Å². The zero-order valence-corrected chi connectivity index (χ0v) is 12.1. The first-order chi connectivity index (χ1) is 9.06. The van der Waals surface area contributed by atoms with Crippen molar-refractivity contribution in [3.8, 4) is 0 Å². The molecule has 0 heterocycles. The van der Waals surface area contributed by atoms with Gasteiger partial charge >= 0.3 is 12.1 Å². The summed E-state index contributed by atoms with van der Waals surface area (Å²) in [5, 5.41) is 2.55. The summed E-state index contributed by atoms with van der Waals surface area (Å²) in [6.45, 7) is 9.81. The van der Waals surface area contributed by atoms with Gasteiger partial charge in [0.25, 0.3) is 0 Å². The van der Waals surface area contributed by atoms with Crippen LogP contribution >= 0.6 is 0 Å². The lowest BCUT2D eigenvalue weighted by Gasteiger charge is -2.22. The molecule has 5 nitrogen and oxygen atoms in total. The number of hydrogen-bond acceptors (Lipinski definition) is 4. The van der Waals surface area contributed by atoms with E-state index >= 15 is 0 Å². The van der Waals surface area contributed by atoms with Gasteiger partial charge in [-0.25, -0.2) is 9.59 Å². The van der Waals surface area contributed by atoms with Crippen molar-refractivity contribution in [2.45, 2.75) is 46.1 Å². The van der Waals surface area contributed by atoms with Crippen LogP contribution in [0.4, 0.5) is 4.79 Å². The van der Waals surface area contributed by atoms with Gasteiger partial charge in [-0.1, -0.05) is 46.3 Å². The third kappa shape index (κ3) is 7.49. The smallest absolute Gasteiger partial charge is 0.408 e. The Morgan fingerprint density at radius 2 is 2.00 bits per heavy atom. The fourth-order valence-corrected chi connectivity index (χ4v) is 1.38. The molecule has 2 atom stereocenters. The predicted octanol–water partition coefficient (Wildman–Crippen LogP) is 2.66. The molecule has 0 aliphatic rings. The van der Waals surface area contributed by atoms with Gasteiger partial charge in [-0.3, -0.25) is 0 Å². The molecule has 5 heteroatoms. The van der Waals surface area contributed by atoms with Crippen LogP contribution in [0.1, 0.15) is 40.0 Å². The summed E-state index contributed by atoms with van der Waals surface area (Å²) in [4.78, 5) is 23.4. The normalized spacial score (nSPS) is 13.2. The van der Waals surface area contributed by atoms with Gasteiger partial charge in [0, 0.05) is 0 Å². The maximum atomic E-state index is 11.9. The third-order valence-electron chi connectivity index (χ3n) is 2.81. The van der Waals surface area contributed by atoms with Crippen LogP contribution in [0.15, 0.2) is 12.7 Å². The molecule has 0 aliphatic carbocycles. The Balaban J connectivity index is 4.40. The van der Waals surface area contributed by atoms with Crippen molar-refractivity contribution in [2.75, 3.05) is 13.2 Å². The molecule has 0 fully saturated rings. The number of rotatable bonds is 9. The highest BCUT2D eigenvalue weighted by molar-refractivity contribution is 5.81. The van der Waals surface area contributed by atoms with E-state index in [1.54, 1.807) is 0 Å². The highest BCUT2D eigenvalue weighted by atomic mass is 16.6. The van der Waals surface area contributed by atoms with Gasteiger partial charge in [0.1, 0.15) is 12.6 Å². The van der Waals surface area contributed by atoms with E-state index in [0.29, 0.717) is 6.61 Å². The van der Waals surface area contributed by atoms with E-state index in [2.05, 4.69) is 11.9 Å². The predicted molar refractivity (Wildman–Crippen MR) is 73.8 cm³/mol. The first-order valence-corrected chi connectivity index (χ1v) is 6.77. The van der Waals surface area contributed by atoms with Gasteiger partial charge in [-0.15, -0.1) is 0 Å². The molecular formula is C14H25NO4. The summed E-state index contributed by atoms with van der Waals surface area (Å²) in [6, 6.07) is -0.667. The van der Waals surface area contributed by atoms with Crippen molar-refractivity contribution in [3.05, 3.63) is 12.7 Å². The summed E-state index contributed by atoms with van der Waals surface area (Å²) in [6.07, 6.45) is 3.38. The molecule has 0 aromatic carbocycles. The summed E-state index contributed by atoms with van der Waals surface area (Å²) in [5.74, 6) is -0.413. The SMILES string of the molecule is C=CCOC(=O)N[C@H](C(=O)OCCCC)C(C)CC. The van der Waals surface area contributed by atoms with E-state index in [1.807, 2.05) is 20.8 Å². The highest BCUT2D eigenvalue weighted by Crippen LogP contribution is 2.10. The van der Waals surface area contributed by atoms with Crippen molar-refractivity contribution < 1.29 is 19.1 Å². The average molecular weight is 271 g/mol. The molecule has 0 spiro atoms. The second kappa shape index (κ2) is 10.4. The minimum Gasteiger partial charge on any atom is -0.464 e. The lowest BCUT2D eigenvalue weighted by atomic mass is 9.99. The molecule has 0 radical (unpaired) electrons. The van der Waals surface area contributed by atoms with E-state index in [4.69, 9.17) is 9.47 Å². The molecule has 0 rings (SSSR count). The number of esters is 1. The number of unbranched alkanes of at least 4 members (excludes halogenated alkanes) is 1. The summed E-state index contributed by atoms with van der Waals surface area (Å²) in [5.41, 5.74) is 0. The van der Waals surface area contributed by atoms with Gasteiger partial charge in [-0.05, 0) is 12.3 Å². The van der Waals surface area contributed by atoms with Crippen LogP contribution < -0.4 is 5.32 Å². The monoisotopic (exact) mass is 271 g/mol. The molecule has 0 saturated carbocycles. The summed E-state index contributed by atoms with van der Waals surface area (Å²) in [7, 11) is 0. The van der Waals surface area contributed by atoms with E-state index in [9.17, 15) is 9.59 Å². The van der Waals surface area contributed by atoms with E-state index in [0.717, 1.165) is 19.3 Å². The quantitative estimate of drug-likeness (QED) is 0.398. The molecular weight excluding hydrogens is 246 g/mol. The minimum atomic E-state index is -0.667. The van der Waals surface area contributed by atoms with Gasteiger partial charge in [0.2, 0.25) is 0 Å². The zero-order chi connectivity index (χ0) is 14.7. The lowest BCUT2D eigenvalue weighted by molar-refractivity contribution is -0.147. The van der Waals surface area contributed by atoms with Crippen molar-refractivity contribution in [3.63, 3.8) is 0 Å². The first-order valence-electron chi connectivity index (χ1n) is 6.77. The molecule has 0 aliphatic heterocycles. The molecule has 0 aromatic heterocycles. The number of ether oxygens (including phenoxy) is 2. The van der Waals surface area contributed by atoms with Gasteiger partial charge < -0.3 is 14.8 Å². The van der Waals surface area contributed by atoms with Crippen LogP contribution in [0.25, 0.3) is 0 Å². The first kappa shape index (κ1) is 17.5. The van der Waals surface area contributed by atoms with Crippen LogP contribution in [-0.4, -0.2) is 31.3 Å². The Bertz CT molecular complexity index is 291. The largest absolute Gasteiger partial charge is 0.464 e. The maximum Gasteiger partial charge on any atom is 0.408 e. The Morgan fingerprint density at radius 1 is 1.32 bits per heavy atom. The average Bonchev–Trinajstić information content (AvgIpc) is 2.41. The van der Waals surface area contributed by atoms with E-state index < -0.39 is 18.1 Å². The fourth-order valence-electron chi connectivity index (χ4n) is 1.38. The van der Waals surface area contributed by atoms with Crippen LogP contribution in [0.2, 0.25) is 0 Å². The van der Waals surface area contributed by atoms with Crippen molar-refractivity contribution >= 4 is 12.1 Å². The van der Waals surface area contributed by atoms with Crippen LogP contribution in [0.3, 0.4) is 0 Å². The second-order valence-corrected chi connectivity index (χ2v) is 4.42. The van der Waals surface area contributed by atoms with Gasteiger partial charge in [-0.2, -0.15) is 0 Å². The number of alkyl carbamates (subject to hydrolysis) is 1. The molecule has 1 unspecified atom stereocenters. The molecule has 0 aromatic rings. The Labute approximate surface area is 115 Å². The van der Waals surface area contributed by atoms with Gasteiger partial charge in [0.15, 0.2) is 0 Å². The Morgan fingerprint density at radius 3 is 2.53 bits per heavy atom. The number of carbonyl (C=O) groups excluding carboxylic acids is 2. The highest BCUT2D eigenvalue weighted by Gasteiger charge is 2.27. The Hall–Kier alpha value is -1.52. The molecule has 1 amide bonds. The van der Waals surface area contributed by atoms with Crippen molar-refractivity contribution in [2.24, 2.45) is 5.92 Å². The minimum absolute atomic E-state index is 0.00888. The lowest BCUT2D eigenvalue weighted by Crippen LogP contribution is -2.46. The molecule has 1 N–H and O–H groups in total. The topological polar surface area (TPSA) is 64.6 Å². The molecule has 0 bridgehead atoms. The molecule has 110 valence electrons. The third-order valence-corrected chi connectivity index (χ3v) is 2.81. The van der Waals surface area contributed by atoms with Gasteiger partial charge in [0.05, 0.1) is 6.61 Å². The fraction of sp³-hybridized carbons (Fsp3) is 0.714. The Kier molecular flexibility index (Phi) is 9.57.